The van der Waals surface area contributed by atoms with Gasteiger partial charge in [-0.15, -0.1) is 0 Å². The molecule has 0 aromatic rings. The molecule has 1 aliphatic rings. The van der Waals surface area contributed by atoms with Crippen LogP contribution in [0.2, 0.25) is 0 Å². The van der Waals surface area contributed by atoms with Crippen molar-refractivity contribution in [3.63, 3.8) is 0 Å². The molecule has 0 heterocycles. The zero-order valence-corrected chi connectivity index (χ0v) is 5.69. The summed E-state index contributed by atoms with van der Waals surface area (Å²) in [7, 11) is 0. The Labute approximate surface area is 63.5 Å². The summed E-state index contributed by atoms with van der Waals surface area (Å²) in [5.41, 5.74) is -0.819. The van der Waals surface area contributed by atoms with Crippen LogP contribution in [-0.4, -0.2) is 5.78 Å². The highest BCUT2D eigenvalue weighted by Gasteiger charge is 2.24. The molecule has 0 N–H and O–H groups in total. The SMILES string of the molecule is [2H]C1C(C)(C)CC([2H])([2H])C(=O)C1([2H])[2H]. The molecule has 0 amide bonds. The van der Waals surface area contributed by atoms with Gasteiger partial charge in [-0.05, 0) is 18.2 Å². The molecular formula is C8H14O. The molecule has 1 fully saturated rings. The highest BCUT2D eigenvalue weighted by Crippen LogP contribution is 2.32. The lowest BCUT2D eigenvalue weighted by Crippen LogP contribution is -2.20. The van der Waals surface area contributed by atoms with Crippen LogP contribution in [-0.2, 0) is 4.79 Å². The molecule has 0 aromatic carbocycles. The van der Waals surface area contributed by atoms with Crippen LogP contribution in [0.15, 0.2) is 0 Å². The minimum atomic E-state index is -2.38. The van der Waals surface area contributed by atoms with Crippen LogP contribution < -0.4 is 0 Å². The number of ketones is 1. The Kier molecular flexibility index (Phi) is 0.645. The lowest BCUT2D eigenvalue weighted by molar-refractivity contribution is -0.121. The topological polar surface area (TPSA) is 17.1 Å². The zero-order chi connectivity index (χ0) is 11.4. The second kappa shape index (κ2) is 2.13. The summed E-state index contributed by atoms with van der Waals surface area (Å²) in [6, 6.07) is 0. The van der Waals surface area contributed by atoms with E-state index in [9.17, 15) is 4.79 Å². The van der Waals surface area contributed by atoms with E-state index in [1.54, 1.807) is 13.8 Å². The van der Waals surface area contributed by atoms with Crippen molar-refractivity contribution in [2.45, 2.75) is 39.4 Å². The molecule has 1 nitrogen and oxygen atoms in total. The van der Waals surface area contributed by atoms with Gasteiger partial charge in [0.25, 0.3) is 0 Å². The van der Waals surface area contributed by atoms with Crippen molar-refractivity contribution in [2.75, 3.05) is 0 Å². The van der Waals surface area contributed by atoms with E-state index in [1.165, 1.54) is 0 Å². The Morgan fingerprint density at radius 2 is 2.22 bits per heavy atom. The Morgan fingerprint density at radius 1 is 1.56 bits per heavy atom. The van der Waals surface area contributed by atoms with Crippen LogP contribution in [0.4, 0.5) is 0 Å². The Morgan fingerprint density at radius 3 is 2.89 bits per heavy atom. The Hall–Kier alpha value is -0.330. The highest BCUT2D eigenvalue weighted by molar-refractivity contribution is 5.79. The van der Waals surface area contributed by atoms with Crippen molar-refractivity contribution in [1.82, 2.24) is 0 Å². The number of carbonyl (C=O) groups is 1. The van der Waals surface area contributed by atoms with E-state index < -0.39 is 30.3 Å². The van der Waals surface area contributed by atoms with Crippen LogP contribution in [0.25, 0.3) is 0 Å². The molecule has 9 heavy (non-hydrogen) atoms. The van der Waals surface area contributed by atoms with Gasteiger partial charge in [-0.3, -0.25) is 4.79 Å². The van der Waals surface area contributed by atoms with Crippen LogP contribution in [0.1, 0.15) is 46.3 Å². The molecule has 1 unspecified atom stereocenters. The molecular weight excluding hydrogens is 112 g/mol. The van der Waals surface area contributed by atoms with Crippen LogP contribution in [0.3, 0.4) is 0 Å². The first-order valence-electron chi connectivity index (χ1n) is 5.57. The number of hydrogen-bond acceptors (Lipinski definition) is 1. The third-order valence-electron chi connectivity index (χ3n) is 1.30. The van der Waals surface area contributed by atoms with Crippen molar-refractivity contribution in [2.24, 2.45) is 5.41 Å². The molecule has 0 aromatic heterocycles. The lowest BCUT2D eigenvalue weighted by Gasteiger charge is -2.27. The van der Waals surface area contributed by atoms with Crippen LogP contribution in [0.5, 0.6) is 0 Å². The molecule has 0 radical (unpaired) electrons. The first kappa shape index (κ1) is 2.73. The molecule has 0 spiro atoms. The molecule has 1 rings (SSSR count). The normalized spacial score (nSPS) is 53.8. The van der Waals surface area contributed by atoms with E-state index in [0.29, 0.717) is 0 Å². The maximum Gasteiger partial charge on any atom is 0.132 e. The lowest BCUT2D eigenvalue weighted by atomic mass is 9.77. The van der Waals surface area contributed by atoms with E-state index in [4.69, 9.17) is 6.85 Å². The highest BCUT2D eigenvalue weighted by atomic mass is 16.1. The largest absolute Gasteiger partial charge is 0.300 e. The van der Waals surface area contributed by atoms with Gasteiger partial charge in [0.15, 0.2) is 0 Å². The third-order valence-corrected chi connectivity index (χ3v) is 1.30. The van der Waals surface area contributed by atoms with Crippen molar-refractivity contribution < 1.29 is 11.6 Å². The van der Waals surface area contributed by atoms with Gasteiger partial charge in [-0.1, -0.05) is 13.8 Å². The van der Waals surface area contributed by atoms with E-state index in [2.05, 4.69) is 0 Å². The monoisotopic (exact) mass is 131 g/mol. The Balaban J connectivity index is 3.17. The predicted molar refractivity (Wildman–Crippen MR) is 37.3 cm³/mol. The van der Waals surface area contributed by atoms with Gasteiger partial charge in [0, 0.05) is 19.6 Å². The second-order valence-corrected chi connectivity index (χ2v) is 2.96. The van der Waals surface area contributed by atoms with Crippen LogP contribution >= 0.6 is 0 Å². The number of Topliss-reactive ketones (excluding diaryl/α,β-unsaturated/α-hetero) is 1. The fourth-order valence-electron chi connectivity index (χ4n) is 0.671. The maximum absolute atomic E-state index is 11.4. The van der Waals surface area contributed by atoms with Crippen molar-refractivity contribution >= 4 is 5.78 Å². The fourth-order valence-corrected chi connectivity index (χ4v) is 0.671. The van der Waals surface area contributed by atoms with Crippen LogP contribution in [0, 0.1) is 5.41 Å². The van der Waals surface area contributed by atoms with Gasteiger partial charge in [-0.2, -0.15) is 0 Å². The van der Waals surface area contributed by atoms with E-state index in [-0.39, 0.29) is 6.42 Å². The van der Waals surface area contributed by atoms with Gasteiger partial charge < -0.3 is 0 Å². The number of hydrogen-bond donors (Lipinski definition) is 0. The number of carbonyl (C=O) groups excluding carboxylic acids is 1. The van der Waals surface area contributed by atoms with E-state index in [0.717, 1.165) is 0 Å². The average Bonchev–Trinajstić information content (AvgIpc) is 1.97. The van der Waals surface area contributed by atoms with Gasteiger partial charge in [0.2, 0.25) is 0 Å². The maximum atomic E-state index is 11.4. The first-order valence-corrected chi connectivity index (χ1v) is 2.99. The molecule has 0 saturated heterocycles. The summed E-state index contributed by atoms with van der Waals surface area (Å²) >= 11 is 0. The molecule has 1 saturated carbocycles. The summed E-state index contributed by atoms with van der Waals surface area (Å²) in [5, 5.41) is 0. The summed E-state index contributed by atoms with van der Waals surface area (Å²) in [6.45, 7) is 3.24. The van der Waals surface area contributed by atoms with Gasteiger partial charge in [-0.25, -0.2) is 0 Å². The molecule has 1 aliphatic carbocycles. The third kappa shape index (κ3) is 1.81. The van der Waals surface area contributed by atoms with E-state index >= 15 is 0 Å². The summed E-state index contributed by atoms with van der Waals surface area (Å²) < 4.78 is 37.4. The summed E-state index contributed by atoms with van der Waals surface area (Å²) in [4.78, 5) is 11.4. The second-order valence-electron chi connectivity index (χ2n) is 2.96. The average molecular weight is 131 g/mol. The fraction of sp³-hybridized carbons (Fsp3) is 0.875. The van der Waals surface area contributed by atoms with Crippen molar-refractivity contribution in [3.8, 4) is 0 Å². The molecule has 52 valence electrons. The summed E-state index contributed by atoms with van der Waals surface area (Å²) in [6.07, 6.45) is -5.83. The van der Waals surface area contributed by atoms with Crippen molar-refractivity contribution in [1.29, 1.82) is 0 Å². The van der Waals surface area contributed by atoms with Crippen molar-refractivity contribution in [3.05, 3.63) is 0 Å². The Bertz CT molecular complexity index is 271. The predicted octanol–water partition coefficient (Wildman–Crippen LogP) is 2.16. The minimum Gasteiger partial charge on any atom is -0.300 e. The van der Waals surface area contributed by atoms with Gasteiger partial charge >= 0.3 is 0 Å². The first-order chi connectivity index (χ1) is 6.02. The van der Waals surface area contributed by atoms with Gasteiger partial charge in [0.05, 0.1) is 0 Å². The molecule has 0 aliphatic heterocycles. The smallest absolute Gasteiger partial charge is 0.132 e. The quantitative estimate of drug-likeness (QED) is 0.492. The minimum absolute atomic E-state index is 0.0908. The molecule has 1 atom stereocenters. The summed E-state index contributed by atoms with van der Waals surface area (Å²) in [5.74, 6) is -1.09. The standard InChI is InChI=1S/C8H14O/c1-8(2)5-3-7(9)4-6-8/h3-6H2,1-2H3/i3D2,4D2,5D. The zero-order valence-electron chi connectivity index (χ0n) is 10.7. The molecule has 0 bridgehead atoms. The number of rotatable bonds is 0. The van der Waals surface area contributed by atoms with Gasteiger partial charge in [0.1, 0.15) is 5.78 Å². The van der Waals surface area contributed by atoms with E-state index in [1.807, 2.05) is 0 Å². The molecule has 1 heteroatoms.